The summed E-state index contributed by atoms with van der Waals surface area (Å²) >= 11 is 0. The molecule has 0 radical (unpaired) electrons. The summed E-state index contributed by atoms with van der Waals surface area (Å²) < 4.78 is 13.1. The Kier molecular flexibility index (Phi) is 3.24. The molecular formula is C13H15FN2O. The predicted molar refractivity (Wildman–Crippen MR) is 65.0 cm³/mol. The van der Waals surface area contributed by atoms with Crippen molar-refractivity contribution >= 4 is 11.6 Å². The van der Waals surface area contributed by atoms with Gasteiger partial charge in [0.05, 0.1) is 5.92 Å². The van der Waals surface area contributed by atoms with Gasteiger partial charge in [0.1, 0.15) is 5.82 Å². The van der Waals surface area contributed by atoms with Gasteiger partial charge in [-0.25, -0.2) is 4.39 Å². The van der Waals surface area contributed by atoms with Crippen LogP contribution in [0.5, 0.6) is 0 Å². The maximum Gasteiger partial charge on any atom is 0.231 e. The van der Waals surface area contributed by atoms with Crippen LogP contribution in [-0.2, 0) is 4.79 Å². The maximum absolute atomic E-state index is 13.1. The fraction of sp³-hybridized carbons (Fsp3) is 0.308. The Morgan fingerprint density at radius 3 is 2.88 bits per heavy atom. The van der Waals surface area contributed by atoms with Gasteiger partial charge < -0.3 is 11.1 Å². The summed E-state index contributed by atoms with van der Waals surface area (Å²) in [6.07, 6.45) is 4.23. The van der Waals surface area contributed by atoms with E-state index in [1.165, 1.54) is 12.1 Å². The Morgan fingerprint density at radius 2 is 2.24 bits per heavy atom. The summed E-state index contributed by atoms with van der Waals surface area (Å²) in [7, 11) is 0. The van der Waals surface area contributed by atoms with E-state index < -0.39 is 0 Å². The van der Waals surface area contributed by atoms with Gasteiger partial charge in [0.2, 0.25) is 5.91 Å². The molecule has 2 unspecified atom stereocenters. The zero-order valence-corrected chi connectivity index (χ0v) is 9.61. The first-order valence-corrected chi connectivity index (χ1v) is 5.57. The number of anilines is 1. The van der Waals surface area contributed by atoms with E-state index in [2.05, 4.69) is 5.32 Å². The number of hydrogen-bond donors (Lipinski definition) is 2. The largest absolute Gasteiger partial charge is 0.325 e. The molecule has 2 atom stereocenters. The molecule has 17 heavy (non-hydrogen) atoms. The molecule has 0 aliphatic heterocycles. The molecule has 0 saturated carbocycles. The minimum absolute atomic E-state index is 0.0562. The molecule has 1 aliphatic rings. The number of carbonyl (C=O) groups excluding carboxylic acids is 1. The highest BCUT2D eigenvalue weighted by Gasteiger charge is 2.22. The molecule has 90 valence electrons. The first kappa shape index (κ1) is 11.8. The number of amides is 1. The van der Waals surface area contributed by atoms with Gasteiger partial charge in [-0.1, -0.05) is 18.2 Å². The fourth-order valence-electron chi connectivity index (χ4n) is 1.88. The number of nitrogens with two attached hydrogens (primary N) is 1. The lowest BCUT2D eigenvalue weighted by Gasteiger charge is -2.12. The molecule has 2 rings (SSSR count). The lowest BCUT2D eigenvalue weighted by atomic mass is 10.1. The second-order valence-corrected chi connectivity index (χ2v) is 4.34. The van der Waals surface area contributed by atoms with Gasteiger partial charge in [0.15, 0.2) is 0 Å². The summed E-state index contributed by atoms with van der Waals surface area (Å²) in [6, 6.07) is 4.28. The molecule has 0 bridgehead atoms. The van der Waals surface area contributed by atoms with Gasteiger partial charge in [-0.15, -0.1) is 0 Å². The van der Waals surface area contributed by atoms with Crippen LogP contribution >= 0.6 is 0 Å². The fourth-order valence-corrected chi connectivity index (χ4v) is 1.88. The summed E-state index contributed by atoms with van der Waals surface area (Å²) in [5.41, 5.74) is 7.04. The number of hydrogen-bond acceptors (Lipinski definition) is 2. The molecule has 0 saturated heterocycles. The summed E-state index contributed by atoms with van der Waals surface area (Å²) in [5.74, 6) is -0.708. The topological polar surface area (TPSA) is 55.1 Å². The highest BCUT2D eigenvalue weighted by atomic mass is 19.1. The molecule has 1 aliphatic carbocycles. The van der Waals surface area contributed by atoms with Crippen LogP contribution in [0.25, 0.3) is 0 Å². The van der Waals surface area contributed by atoms with Crippen LogP contribution < -0.4 is 11.1 Å². The highest BCUT2D eigenvalue weighted by molar-refractivity contribution is 5.94. The molecule has 0 spiro atoms. The number of aryl methyl sites for hydroxylation is 1. The summed E-state index contributed by atoms with van der Waals surface area (Å²) in [4.78, 5) is 11.9. The number of rotatable bonds is 2. The Balaban J connectivity index is 2.08. The average molecular weight is 234 g/mol. The van der Waals surface area contributed by atoms with Crippen LogP contribution in [0.3, 0.4) is 0 Å². The van der Waals surface area contributed by atoms with Crippen molar-refractivity contribution < 1.29 is 9.18 Å². The predicted octanol–water partition coefficient (Wildman–Crippen LogP) is 1.98. The third kappa shape index (κ3) is 2.71. The monoisotopic (exact) mass is 234 g/mol. The number of carbonyl (C=O) groups is 1. The first-order chi connectivity index (χ1) is 8.06. The van der Waals surface area contributed by atoms with Crippen molar-refractivity contribution in [2.75, 3.05) is 5.32 Å². The maximum atomic E-state index is 13.1. The molecule has 1 aromatic rings. The molecule has 4 heteroatoms. The zero-order valence-electron chi connectivity index (χ0n) is 9.61. The Bertz CT molecular complexity index is 470. The number of halogens is 1. The van der Waals surface area contributed by atoms with Crippen molar-refractivity contribution in [2.45, 2.75) is 19.4 Å². The second kappa shape index (κ2) is 4.67. The van der Waals surface area contributed by atoms with Crippen molar-refractivity contribution in [1.29, 1.82) is 0 Å². The third-order valence-electron chi connectivity index (χ3n) is 2.91. The quantitative estimate of drug-likeness (QED) is 0.769. The Morgan fingerprint density at radius 1 is 1.47 bits per heavy atom. The van der Waals surface area contributed by atoms with Crippen molar-refractivity contribution in [3.05, 3.63) is 41.7 Å². The smallest absolute Gasteiger partial charge is 0.231 e. The van der Waals surface area contributed by atoms with Gasteiger partial charge in [0.25, 0.3) is 0 Å². The van der Waals surface area contributed by atoms with Crippen LogP contribution in [0.1, 0.15) is 12.0 Å². The average Bonchev–Trinajstić information content (AvgIpc) is 2.70. The summed E-state index contributed by atoms with van der Waals surface area (Å²) in [6.45, 7) is 1.82. The van der Waals surface area contributed by atoms with E-state index in [-0.39, 0.29) is 23.7 Å². The van der Waals surface area contributed by atoms with E-state index in [0.29, 0.717) is 12.1 Å². The molecule has 1 amide bonds. The third-order valence-corrected chi connectivity index (χ3v) is 2.91. The summed E-state index contributed by atoms with van der Waals surface area (Å²) in [5, 5.41) is 2.73. The van der Waals surface area contributed by atoms with Crippen molar-refractivity contribution in [2.24, 2.45) is 11.7 Å². The van der Waals surface area contributed by atoms with E-state index in [1.807, 2.05) is 13.0 Å². The van der Waals surface area contributed by atoms with Gasteiger partial charge in [-0.2, -0.15) is 0 Å². The van der Waals surface area contributed by atoms with E-state index >= 15 is 0 Å². The SMILES string of the molecule is Cc1ccc(F)cc1NC(=O)C1C=CC(N)C1. The van der Waals surface area contributed by atoms with Crippen LogP contribution in [0.4, 0.5) is 10.1 Å². The highest BCUT2D eigenvalue weighted by Crippen LogP contribution is 2.21. The molecule has 0 fully saturated rings. The first-order valence-electron chi connectivity index (χ1n) is 5.57. The van der Waals surface area contributed by atoms with Gasteiger partial charge in [-0.05, 0) is 31.0 Å². The molecular weight excluding hydrogens is 219 g/mol. The lowest BCUT2D eigenvalue weighted by molar-refractivity contribution is -0.118. The van der Waals surface area contributed by atoms with Gasteiger partial charge in [0, 0.05) is 11.7 Å². The van der Waals surface area contributed by atoms with Crippen molar-refractivity contribution in [3.8, 4) is 0 Å². The lowest BCUT2D eigenvalue weighted by Crippen LogP contribution is -2.24. The molecule has 1 aromatic carbocycles. The molecule has 3 nitrogen and oxygen atoms in total. The van der Waals surface area contributed by atoms with Crippen LogP contribution in [-0.4, -0.2) is 11.9 Å². The van der Waals surface area contributed by atoms with Crippen molar-refractivity contribution in [3.63, 3.8) is 0 Å². The van der Waals surface area contributed by atoms with Crippen LogP contribution in [0.2, 0.25) is 0 Å². The van der Waals surface area contributed by atoms with Crippen LogP contribution in [0.15, 0.2) is 30.4 Å². The Labute approximate surface area is 99.5 Å². The zero-order chi connectivity index (χ0) is 12.4. The van der Waals surface area contributed by atoms with E-state index in [1.54, 1.807) is 12.1 Å². The standard InChI is InChI=1S/C13H15FN2O/c1-8-2-4-10(14)7-12(8)16-13(17)9-3-5-11(15)6-9/h2-5,7,9,11H,6,15H2,1H3,(H,16,17). The van der Waals surface area contributed by atoms with Gasteiger partial charge in [-0.3, -0.25) is 4.79 Å². The Hall–Kier alpha value is -1.68. The molecule has 0 aromatic heterocycles. The number of nitrogens with one attached hydrogen (secondary N) is 1. The molecule has 0 heterocycles. The normalized spacial score (nSPS) is 22.8. The molecule has 3 N–H and O–H groups in total. The van der Waals surface area contributed by atoms with E-state index in [0.717, 1.165) is 5.56 Å². The second-order valence-electron chi connectivity index (χ2n) is 4.34. The number of benzene rings is 1. The van der Waals surface area contributed by atoms with E-state index in [9.17, 15) is 9.18 Å². The van der Waals surface area contributed by atoms with Crippen LogP contribution in [0, 0.1) is 18.7 Å². The minimum atomic E-state index is -0.357. The van der Waals surface area contributed by atoms with Gasteiger partial charge >= 0.3 is 0 Å². The van der Waals surface area contributed by atoms with E-state index in [4.69, 9.17) is 5.73 Å². The minimum Gasteiger partial charge on any atom is -0.325 e. The van der Waals surface area contributed by atoms with Crippen molar-refractivity contribution in [1.82, 2.24) is 0 Å².